The van der Waals surface area contributed by atoms with E-state index in [1.807, 2.05) is 13.0 Å². The molecule has 0 aliphatic rings. The van der Waals surface area contributed by atoms with Gasteiger partial charge >= 0.3 is 0 Å². The molecule has 0 rings (SSSR count). The van der Waals surface area contributed by atoms with E-state index in [2.05, 4.69) is 11.2 Å². The van der Waals surface area contributed by atoms with E-state index in [1.54, 1.807) is 0 Å². The topological polar surface area (TPSA) is 35.8 Å². The molecule has 0 aromatic rings. The Morgan fingerprint density at radius 3 is 2.78 bits per heavy atom. The van der Waals surface area contributed by atoms with Crippen molar-refractivity contribution in [2.24, 2.45) is 0 Å². The third-order valence-corrected chi connectivity index (χ3v) is 1.04. The number of nitrogens with zero attached hydrogens (tertiary/aromatic N) is 1. The molecule has 48 valence electrons. The summed E-state index contributed by atoms with van der Waals surface area (Å²) in [7, 11) is 0. The summed E-state index contributed by atoms with van der Waals surface area (Å²) in [4.78, 5) is 0. The highest BCUT2D eigenvalue weighted by atomic mass is 14.9. The van der Waals surface area contributed by atoms with E-state index in [1.165, 1.54) is 0 Å². The van der Waals surface area contributed by atoms with Crippen molar-refractivity contribution in [1.29, 1.82) is 5.26 Å². The Labute approximate surface area is 55.9 Å². The molecule has 1 atom stereocenters. The van der Waals surface area contributed by atoms with Crippen LogP contribution < -0.4 is 5.32 Å². The van der Waals surface area contributed by atoms with Crippen molar-refractivity contribution in [3.8, 4) is 18.4 Å². The van der Waals surface area contributed by atoms with E-state index >= 15 is 0 Å². The molecule has 2 heteroatoms. The molecule has 0 bridgehead atoms. The van der Waals surface area contributed by atoms with Crippen LogP contribution in [0.3, 0.4) is 0 Å². The van der Waals surface area contributed by atoms with Crippen molar-refractivity contribution in [2.75, 3.05) is 6.54 Å². The predicted molar refractivity (Wildman–Crippen MR) is 36.5 cm³/mol. The van der Waals surface area contributed by atoms with Gasteiger partial charge in [-0.25, -0.2) is 0 Å². The molecule has 0 fully saturated rings. The van der Waals surface area contributed by atoms with Gasteiger partial charge in [-0.3, -0.25) is 5.32 Å². The van der Waals surface area contributed by atoms with E-state index in [0.29, 0.717) is 6.54 Å². The van der Waals surface area contributed by atoms with Crippen LogP contribution in [0.4, 0.5) is 0 Å². The van der Waals surface area contributed by atoms with Crippen LogP contribution in [0.2, 0.25) is 0 Å². The minimum Gasteiger partial charge on any atom is -0.291 e. The molecule has 0 aliphatic carbocycles. The van der Waals surface area contributed by atoms with Gasteiger partial charge in [0.25, 0.3) is 0 Å². The summed E-state index contributed by atoms with van der Waals surface area (Å²) in [6, 6.07) is 2.02. The fraction of sp³-hybridized carbons (Fsp3) is 0.571. The predicted octanol–water partition coefficient (Wildman–Crippen LogP) is 0.511. The number of nitrogens with one attached hydrogen (secondary N) is 1. The summed E-state index contributed by atoms with van der Waals surface area (Å²) < 4.78 is 0. The molecular weight excluding hydrogens is 112 g/mol. The van der Waals surface area contributed by atoms with Gasteiger partial charge in [0.15, 0.2) is 0 Å². The van der Waals surface area contributed by atoms with Crippen molar-refractivity contribution in [2.45, 2.75) is 19.4 Å². The van der Waals surface area contributed by atoms with Gasteiger partial charge in [-0.05, 0) is 6.42 Å². The van der Waals surface area contributed by atoms with Crippen molar-refractivity contribution in [3.63, 3.8) is 0 Å². The first-order chi connectivity index (χ1) is 4.35. The molecule has 9 heavy (non-hydrogen) atoms. The highest BCUT2D eigenvalue weighted by Crippen LogP contribution is 1.84. The van der Waals surface area contributed by atoms with Crippen molar-refractivity contribution >= 4 is 0 Å². The number of nitriles is 1. The largest absolute Gasteiger partial charge is 0.291 e. The third-order valence-electron chi connectivity index (χ3n) is 1.04. The quantitative estimate of drug-likeness (QED) is 0.437. The van der Waals surface area contributed by atoms with Crippen molar-refractivity contribution in [3.05, 3.63) is 0 Å². The molecule has 1 N–H and O–H groups in total. The van der Waals surface area contributed by atoms with Crippen molar-refractivity contribution < 1.29 is 0 Å². The summed E-state index contributed by atoms with van der Waals surface area (Å²) in [5, 5.41) is 11.0. The monoisotopic (exact) mass is 122 g/mol. The third kappa shape index (κ3) is 3.58. The molecule has 0 aliphatic heterocycles. The SMILES string of the molecule is C#CC(CC)NCC#N. The van der Waals surface area contributed by atoms with Gasteiger partial charge in [-0.1, -0.05) is 12.8 Å². The molecule has 0 spiro atoms. The van der Waals surface area contributed by atoms with Gasteiger partial charge in [0, 0.05) is 0 Å². The van der Waals surface area contributed by atoms with Gasteiger partial charge in [-0.15, -0.1) is 6.42 Å². The van der Waals surface area contributed by atoms with Crippen LogP contribution in [0, 0.1) is 23.7 Å². The first-order valence-corrected chi connectivity index (χ1v) is 2.91. The smallest absolute Gasteiger partial charge is 0.0850 e. The highest BCUT2D eigenvalue weighted by molar-refractivity contribution is 4.99. The Kier molecular flexibility index (Phi) is 4.59. The molecule has 0 aromatic heterocycles. The van der Waals surface area contributed by atoms with E-state index < -0.39 is 0 Å². The molecule has 1 unspecified atom stereocenters. The second-order valence-electron chi connectivity index (χ2n) is 1.67. The van der Waals surface area contributed by atoms with Gasteiger partial charge in [-0.2, -0.15) is 5.26 Å². The van der Waals surface area contributed by atoms with Crippen LogP contribution in [0.1, 0.15) is 13.3 Å². The van der Waals surface area contributed by atoms with E-state index in [0.717, 1.165) is 6.42 Å². The van der Waals surface area contributed by atoms with Gasteiger partial charge in [0.05, 0.1) is 18.7 Å². The molecule has 0 aromatic carbocycles. The maximum absolute atomic E-state index is 8.13. The average Bonchev–Trinajstić information content (AvgIpc) is 1.91. The fourth-order valence-electron chi connectivity index (χ4n) is 0.490. The first-order valence-electron chi connectivity index (χ1n) is 2.91. The zero-order valence-electron chi connectivity index (χ0n) is 5.52. The molecule has 0 heterocycles. The van der Waals surface area contributed by atoms with Crippen molar-refractivity contribution in [1.82, 2.24) is 5.32 Å². The minimum atomic E-state index is 0.0599. The Morgan fingerprint density at radius 1 is 1.78 bits per heavy atom. The summed E-state index contributed by atoms with van der Waals surface area (Å²) >= 11 is 0. The highest BCUT2D eigenvalue weighted by Gasteiger charge is 1.96. The van der Waals surface area contributed by atoms with Crippen LogP contribution >= 0.6 is 0 Å². The number of terminal acetylenes is 1. The van der Waals surface area contributed by atoms with Crippen LogP contribution in [-0.2, 0) is 0 Å². The lowest BCUT2D eigenvalue weighted by atomic mass is 10.2. The van der Waals surface area contributed by atoms with Gasteiger partial charge in [0.1, 0.15) is 0 Å². The Hall–Kier alpha value is -0.990. The minimum absolute atomic E-state index is 0.0599. The second-order valence-corrected chi connectivity index (χ2v) is 1.67. The Balaban J connectivity index is 3.37. The molecular formula is C7H10N2. The zero-order chi connectivity index (χ0) is 7.11. The first kappa shape index (κ1) is 8.01. The lowest BCUT2D eigenvalue weighted by Crippen LogP contribution is -2.26. The second kappa shape index (κ2) is 5.15. The van der Waals surface area contributed by atoms with Crippen LogP contribution in [0.25, 0.3) is 0 Å². The van der Waals surface area contributed by atoms with E-state index in [4.69, 9.17) is 11.7 Å². The van der Waals surface area contributed by atoms with Crippen LogP contribution in [0.15, 0.2) is 0 Å². The molecule has 0 saturated carbocycles. The van der Waals surface area contributed by atoms with Gasteiger partial charge < -0.3 is 0 Å². The summed E-state index contributed by atoms with van der Waals surface area (Å²) in [6.45, 7) is 2.32. The lowest BCUT2D eigenvalue weighted by Gasteiger charge is -2.04. The summed E-state index contributed by atoms with van der Waals surface area (Å²) in [5.41, 5.74) is 0. The standard InChI is InChI=1S/C7H10N2/c1-3-7(4-2)9-6-5-8/h1,7,9H,4,6H2,2H3. The van der Waals surface area contributed by atoms with Gasteiger partial charge in [0.2, 0.25) is 0 Å². The van der Waals surface area contributed by atoms with Crippen LogP contribution in [0.5, 0.6) is 0 Å². The number of rotatable bonds is 3. The number of hydrogen-bond donors (Lipinski definition) is 1. The molecule has 2 nitrogen and oxygen atoms in total. The zero-order valence-corrected chi connectivity index (χ0v) is 5.52. The maximum Gasteiger partial charge on any atom is 0.0850 e. The molecule has 0 saturated heterocycles. The summed E-state index contributed by atoms with van der Waals surface area (Å²) in [6.07, 6.45) is 5.98. The molecule has 0 amide bonds. The lowest BCUT2D eigenvalue weighted by molar-refractivity contribution is 0.637. The maximum atomic E-state index is 8.13. The van der Waals surface area contributed by atoms with E-state index in [9.17, 15) is 0 Å². The van der Waals surface area contributed by atoms with E-state index in [-0.39, 0.29) is 6.04 Å². The summed E-state index contributed by atoms with van der Waals surface area (Å²) in [5.74, 6) is 2.52. The average molecular weight is 122 g/mol. The Morgan fingerprint density at radius 2 is 2.44 bits per heavy atom. The van der Waals surface area contributed by atoms with Crippen LogP contribution in [-0.4, -0.2) is 12.6 Å². The fourth-order valence-corrected chi connectivity index (χ4v) is 0.490. The normalized spacial score (nSPS) is 11.4. The number of hydrogen-bond acceptors (Lipinski definition) is 2. The Bertz CT molecular complexity index is 138. The molecule has 0 radical (unpaired) electrons.